The molecular formula is C17H17NO2. The van der Waals surface area contributed by atoms with Crippen molar-refractivity contribution in [1.82, 2.24) is 4.90 Å². The number of para-hydroxylation sites is 1. The maximum Gasteiger partial charge on any atom is 0.222 e. The first-order valence-corrected chi connectivity index (χ1v) is 6.91. The molecular weight excluding hydrogens is 250 g/mol. The molecule has 0 aromatic heterocycles. The van der Waals surface area contributed by atoms with Crippen molar-refractivity contribution in [3.05, 3.63) is 60.2 Å². The van der Waals surface area contributed by atoms with Crippen LogP contribution in [0.5, 0.6) is 11.5 Å². The van der Waals surface area contributed by atoms with Crippen molar-refractivity contribution in [3.63, 3.8) is 0 Å². The van der Waals surface area contributed by atoms with E-state index in [1.807, 2.05) is 59.5 Å². The van der Waals surface area contributed by atoms with E-state index in [-0.39, 0.29) is 5.91 Å². The van der Waals surface area contributed by atoms with Crippen molar-refractivity contribution in [3.8, 4) is 11.5 Å². The van der Waals surface area contributed by atoms with Crippen molar-refractivity contribution < 1.29 is 9.53 Å². The third-order valence-corrected chi connectivity index (χ3v) is 3.45. The standard InChI is InChI=1S/C17H17NO2/c19-17-7-4-12-18(17)13-14-8-10-16(11-9-14)20-15-5-2-1-3-6-15/h1-3,5-6,8-11H,4,7,12-13H2. The fourth-order valence-electron chi connectivity index (χ4n) is 2.38. The fourth-order valence-corrected chi connectivity index (χ4v) is 2.38. The van der Waals surface area contributed by atoms with E-state index in [0.29, 0.717) is 13.0 Å². The summed E-state index contributed by atoms with van der Waals surface area (Å²) >= 11 is 0. The van der Waals surface area contributed by atoms with Gasteiger partial charge in [0.05, 0.1) is 0 Å². The Kier molecular flexibility index (Phi) is 3.68. The molecule has 0 atom stereocenters. The van der Waals surface area contributed by atoms with Gasteiger partial charge in [0.2, 0.25) is 5.91 Å². The van der Waals surface area contributed by atoms with E-state index >= 15 is 0 Å². The molecule has 3 rings (SSSR count). The molecule has 0 radical (unpaired) electrons. The van der Waals surface area contributed by atoms with Crippen molar-refractivity contribution >= 4 is 5.91 Å². The van der Waals surface area contributed by atoms with Crippen LogP contribution < -0.4 is 4.74 Å². The first-order chi connectivity index (χ1) is 9.81. The van der Waals surface area contributed by atoms with Gasteiger partial charge in [-0.1, -0.05) is 30.3 Å². The number of carbonyl (C=O) groups is 1. The summed E-state index contributed by atoms with van der Waals surface area (Å²) < 4.78 is 5.74. The van der Waals surface area contributed by atoms with Crippen molar-refractivity contribution in [2.24, 2.45) is 0 Å². The number of nitrogens with zero attached hydrogens (tertiary/aromatic N) is 1. The Bertz CT molecular complexity index is 578. The Hall–Kier alpha value is -2.29. The molecule has 0 aliphatic carbocycles. The molecule has 1 aliphatic rings. The summed E-state index contributed by atoms with van der Waals surface area (Å²) in [6.45, 7) is 1.57. The van der Waals surface area contributed by atoms with Gasteiger partial charge in [-0.2, -0.15) is 0 Å². The van der Waals surface area contributed by atoms with Crippen LogP contribution in [-0.2, 0) is 11.3 Å². The summed E-state index contributed by atoms with van der Waals surface area (Å²) in [5, 5.41) is 0. The van der Waals surface area contributed by atoms with Gasteiger partial charge in [0.25, 0.3) is 0 Å². The number of carbonyl (C=O) groups excluding carboxylic acids is 1. The average Bonchev–Trinajstić information content (AvgIpc) is 2.88. The first kappa shape index (κ1) is 12.7. The Morgan fingerprint density at radius 1 is 0.950 bits per heavy atom. The number of rotatable bonds is 4. The van der Waals surface area contributed by atoms with E-state index in [4.69, 9.17) is 4.74 Å². The highest BCUT2D eigenvalue weighted by molar-refractivity contribution is 5.78. The SMILES string of the molecule is O=C1CCCN1Cc1ccc(Oc2ccccc2)cc1. The largest absolute Gasteiger partial charge is 0.457 e. The van der Waals surface area contributed by atoms with Gasteiger partial charge in [-0.25, -0.2) is 0 Å². The molecule has 3 heteroatoms. The summed E-state index contributed by atoms with van der Waals surface area (Å²) in [4.78, 5) is 13.5. The molecule has 1 saturated heterocycles. The highest BCUT2D eigenvalue weighted by Gasteiger charge is 2.19. The lowest BCUT2D eigenvalue weighted by atomic mass is 10.2. The molecule has 1 aliphatic heterocycles. The minimum atomic E-state index is 0.259. The molecule has 0 saturated carbocycles. The molecule has 2 aromatic rings. The molecule has 20 heavy (non-hydrogen) atoms. The van der Waals surface area contributed by atoms with Crippen LogP contribution in [0.25, 0.3) is 0 Å². The molecule has 2 aromatic carbocycles. The van der Waals surface area contributed by atoms with E-state index in [1.165, 1.54) is 0 Å². The second-order valence-corrected chi connectivity index (χ2v) is 4.98. The third kappa shape index (κ3) is 2.99. The van der Waals surface area contributed by atoms with Gasteiger partial charge in [-0.15, -0.1) is 0 Å². The van der Waals surface area contributed by atoms with Crippen LogP contribution in [0.2, 0.25) is 0 Å². The average molecular weight is 267 g/mol. The molecule has 0 N–H and O–H groups in total. The van der Waals surface area contributed by atoms with Gasteiger partial charge < -0.3 is 9.64 Å². The number of hydrogen-bond donors (Lipinski definition) is 0. The van der Waals surface area contributed by atoms with Crippen LogP contribution in [0, 0.1) is 0 Å². The number of likely N-dealkylation sites (tertiary alicyclic amines) is 1. The summed E-state index contributed by atoms with van der Waals surface area (Å²) in [5.41, 5.74) is 1.14. The van der Waals surface area contributed by atoms with Gasteiger partial charge in [0, 0.05) is 19.5 Å². The Balaban J connectivity index is 1.64. The predicted molar refractivity (Wildman–Crippen MR) is 77.6 cm³/mol. The Morgan fingerprint density at radius 3 is 2.30 bits per heavy atom. The highest BCUT2D eigenvalue weighted by atomic mass is 16.5. The third-order valence-electron chi connectivity index (χ3n) is 3.45. The lowest BCUT2D eigenvalue weighted by molar-refractivity contribution is -0.128. The minimum Gasteiger partial charge on any atom is -0.457 e. The second-order valence-electron chi connectivity index (χ2n) is 4.98. The minimum absolute atomic E-state index is 0.259. The van der Waals surface area contributed by atoms with Gasteiger partial charge in [0.1, 0.15) is 11.5 Å². The molecule has 3 nitrogen and oxygen atoms in total. The van der Waals surface area contributed by atoms with E-state index in [1.54, 1.807) is 0 Å². The lowest BCUT2D eigenvalue weighted by Gasteiger charge is -2.15. The maximum absolute atomic E-state index is 11.6. The normalized spacial score (nSPS) is 14.6. The van der Waals surface area contributed by atoms with Crippen molar-refractivity contribution in [1.29, 1.82) is 0 Å². The smallest absolute Gasteiger partial charge is 0.222 e. The zero-order valence-corrected chi connectivity index (χ0v) is 11.3. The van der Waals surface area contributed by atoms with Crippen LogP contribution in [0.15, 0.2) is 54.6 Å². The van der Waals surface area contributed by atoms with E-state index < -0.39 is 0 Å². The topological polar surface area (TPSA) is 29.5 Å². The Morgan fingerprint density at radius 2 is 1.65 bits per heavy atom. The molecule has 102 valence electrons. The van der Waals surface area contributed by atoms with Crippen molar-refractivity contribution in [2.45, 2.75) is 19.4 Å². The zero-order valence-electron chi connectivity index (χ0n) is 11.3. The predicted octanol–water partition coefficient (Wildman–Crippen LogP) is 3.60. The maximum atomic E-state index is 11.6. The molecule has 0 bridgehead atoms. The van der Waals surface area contributed by atoms with Gasteiger partial charge in [0.15, 0.2) is 0 Å². The van der Waals surface area contributed by atoms with E-state index in [9.17, 15) is 4.79 Å². The number of ether oxygens (including phenoxy) is 1. The number of hydrogen-bond acceptors (Lipinski definition) is 2. The number of amides is 1. The van der Waals surface area contributed by atoms with E-state index in [0.717, 1.165) is 30.0 Å². The second kappa shape index (κ2) is 5.78. The molecule has 1 amide bonds. The fraction of sp³-hybridized carbons (Fsp3) is 0.235. The highest BCUT2D eigenvalue weighted by Crippen LogP contribution is 2.22. The summed E-state index contributed by atoms with van der Waals surface area (Å²) in [6.07, 6.45) is 1.67. The lowest BCUT2D eigenvalue weighted by Crippen LogP contribution is -2.23. The summed E-state index contributed by atoms with van der Waals surface area (Å²) in [5.74, 6) is 1.90. The number of benzene rings is 2. The Labute approximate surface area is 118 Å². The van der Waals surface area contributed by atoms with Crippen molar-refractivity contribution in [2.75, 3.05) is 6.54 Å². The molecule has 0 unspecified atom stereocenters. The van der Waals surface area contributed by atoms with Crippen LogP contribution in [0.1, 0.15) is 18.4 Å². The summed E-state index contributed by atoms with van der Waals surface area (Å²) in [7, 11) is 0. The van der Waals surface area contributed by atoms with Gasteiger partial charge >= 0.3 is 0 Å². The molecule has 0 spiro atoms. The summed E-state index contributed by atoms with van der Waals surface area (Å²) in [6, 6.07) is 17.6. The quantitative estimate of drug-likeness (QED) is 0.847. The van der Waals surface area contributed by atoms with E-state index in [2.05, 4.69) is 0 Å². The molecule has 1 heterocycles. The zero-order chi connectivity index (χ0) is 13.8. The first-order valence-electron chi connectivity index (χ1n) is 6.91. The van der Waals surface area contributed by atoms with Crippen LogP contribution in [0.3, 0.4) is 0 Å². The van der Waals surface area contributed by atoms with Crippen LogP contribution in [0.4, 0.5) is 0 Å². The van der Waals surface area contributed by atoms with Gasteiger partial charge in [-0.05, 0) is 36.2 Å². The molecule has 1 fully saturated rings. The van der Waals surface area contributed by atoms with Gasteiger partial charge in [-0.3, -0.25) is 4.79 Å². The van der Waals surface area contributed by atoms with Crippen LogP contribution in [-0.4, -0.2) is 17.4 Å². The monoisotopic (exact) mass is 267 g/mol. The van der Waals surface area contributed by atoms with Crippen LogP contribution >= 0.6 is 0 Å².